The van der Waals surface area contributed by atoms with E-state index < -0.39 is 32.8 Å². The zero-order valence-corrected chi connectivity index (χ0v) is 17.8. The molecule has 0 aliphatic carbocycles. The van der Waals surface area contributed by atoms with E-state index in [2.05, 4.69) is 0 Å². The molecule has 12 heteroatoms. The fourth-order valence-electron chi connectivity index (χ4n) is 1.73. The molecule has 0 aliphatic heterocycles. The first-order valence-corrected chi connectivity index (χ1v) is 10.6. The van der Waals surface area contributed by atoms with Crippen LogP contribution >= 0.6 is 0 Å². The van der Waals surface area contributed by atoms with Gasteiger partial charge in [-0.2, -0.15) is 25.4 Å². The number of rotatable bonds is 11. The molecule has 0 N–H and O–H groups in total. The lowest BCUT2D eigenvalue weighted by Crippen LogP contribution is -2.42. The molecule has 0 fully saturated rings. The number of nitrogens with zero attached hydrogens (tertiary/aromatic N) is 2. The third-order valence-corrected chi connectivity index (χ3v) is 6.23. The molecule has 0 spiro atoms. The minimum atomic E-state index is -4.10. The van der Waals surface area contributed by atoms with Gasteiger partial charge in [0, 0.05) is 28.2 Å². The summed E-state index contributed by atoms with van der Waals surface area (Å²) in [5.41, 5.74) is 0. The van der Waals surface area contributed by atoms with E-state index in [9.17, 15) is 16.8 Å². The Morgan fingerprint density at radius 3 is 1.85 bits per heavy atom. The summed E-state index contributed by atoms with van der Waals surface area (Å²) in [4.78, 5) is 0. The molecular formula is C15H26N2O8S2. The van der Waals surface area contributed by atoms with Gasteiger partial charge in [-0.3, -0.25) is 4.18 Å². The normalized spacial score (nSPS) is 15.0. The lowest BCUT2D eigenvalue weighted by atomic mass is 10.2. The molecule has 1 aromatic rings. The van der Waals surface area contributed by atoms with Crippen LogP contribution in [-0.2, 0) is 29.0 Å². The van der Waals surface area contributed by atoms with Crippen LogP contribution < -0.4 is 9.47 Å². The van der Waals surface area contributed by atoms with Crippen LogP contribution in [0.1, 0.15) is 6.92 Å². The standard InChI is InChI=1S/C15H26N2O8S2/c1-12(24-26(18,19)16(2)3)15(25-27(20,21)17(4)5)11-23-14-10-8-7-9-13(14)22-6/h7-10,12,15H,11H2,1-6H3. The van der Waals surface area contributed by atoms with Gasteiger partial charge in [-0.15, -0.1) is 0 Å². The van der Waals surface area contributed by atoms with Crippen molar-refractivity contribution in [2.75, 3.05) is 41.9 Å². The van der Waals surface area contributed by atoms with Gasteiger partial charge in [0.05, 0.1) is 7.11 Å². The van der Waals surface area contributed by atoms with Crippen molar-refractivity contribution in [3.8, 4) is 11.5 Å². The minimum absolute atomic E-state index is 0.294. The summed E-state index contributed by atoms with van der Waals surface area (Å²) < 4.78 is 70.7. The van der Waals surface area contributed by atoms with Gasteiger partial charge in [-0.1, -0.05) is 12.1 Å². The molecule has 0 aliphatic rings. The third kappa shape index (κ3) is 6.90. The number of methoxy groups -OCH3 is 1. The van der Waals surface area contributed by atoms with Gasteiger partial charge < -0.3 is 9.47 Å². The van der Waals surface area contributed by atoms with Gasteiger partial charge >= 0.3 is 20.6 Å². The van der Waals surface area contributed by atoms with E-state index in [-0.39, 0.29) is 6.61 Å². The summed E-state index contributed by atoms with van der Waals surface area (Å²) in [5.74, 6) is 0.778. The van der Waals surface area contributed by atoms with Crippen molar-refractivity contribution in [2.45, 2.75) is 19.1 Å². The van der Waals surface area contributed by atoms with Crippen LogP contribution in [-0.4, -0.2) is 79.6 Å². The van der Waals surface area contributed by atoms with Crippen molar-refractivity contribution in [1.82, 2.24) is 8.61 Å². The first-order chi connectivity index (χ1) is 12.4. The van der Waals surface area contributed by atoms with E-state index in [1.165, 1.54) is 42.2 Å². The van der Waals surface area contributed by atoms with Crippen LogP contribution in [0.5, 0.6) is 11.5 Å². The molecule has 1 rings (SSSR count). The molecule has 1 aromatic carbocycles. The van der Waals surface area contributed by atoms with Crippen LogP contribution in [0.2, 0.25) is 0 Å². The molecule has 0 amide bonds. The minimum Gasteiger partial charge on any atom is -0.493 e. The highest BCUT2D eigenvalue weighted by Crippen LogP contribution is 2.26. The lowest BCUT2D eigenvalue weighted by molar-refractivity contribution is 0.0317. The number of hydrogen-bond donors (Lipinski definition) is 0. The summed E-state index contributed by atoms with van der Waals surface area (Å²) >= 11 is 0. The molecular weight excluding hydrogens is 400 g/mol. The highest BCUT2D eigenvalue weighted by molar-refractivity contribution is 7.84. The number of ether oxygens (including phenoxy) is 2. The highest BCUT2D eigenvalue weighted by atomic mass is 32.2. The average molecular weight is 427 g/mol. The molecule has 0 saturated heterocycles. The molecule has 0 saturated carbocycles. The molecule has 2 unspecified atom stereocenters. The van der Waals surface area contributed by atoms with E-state index in [1.54, 1.807) is 24.3 Å². The topological polar surface area (TPSA) is 112 Å². The van der Waals surface area contributed by atoms with Gasteiger partial charge in [0.25, 0.3) is 0 Å². The van der Waals surface area contributed by atoms with Gasteiger partial charge in [-0.05, 0) is 19.1 Å². The van der Waals surface area contributed by atoms with Gasteiger partial charge in [0.15, 0.2) is 11.5 Å². The van der Waals surface area contributed by atoms with Crippen molar-refractivity contribution in [1.29, 1.82) is 0 Å². The summed E-state index contributed by atoms with van der Waals surface area (Å²) in [6, 6.07) is 6.74. The van der Waals surface area contributed by atoms with Gasteiger partial charge in [0.1, 0.15) is 18.8 Å². The Balaban J connectivity index is 3.03. The second-order valence-electron chi connectivity index (χ2n) is 5.88. The summed E-state index contributed by atoms with van der Waals surface area (Å²) in [7, 11) is -1.54. The quantitative estimate of drug-likeness (QED) is 0.502. The Labute approximate surface area is 161 Å². The predicted molar refractivity (Wildman–Crippen MR) is 99.1 cm³/mol. The second-order valence-corrected chi connectivity index (χ2v) is 9.43. The lowest BCUT2D eigenvalue weighted by Gasteiger charge is -2.26. The molecule has 27 heavy (non-hydrogen) atoms. The Kier molecular flexibility index (Phi) is 8.45. The third-order valence-electron chi connectivity index (χ3n) is 3.41. The van der Waals surface area contributed by atoms with Crippen LogP contribution in [0.4, 0.5) is 0 Å². The number of benzene rings is 1. The fraction of sp³-hybridized carbons (Fsp3) is 0.600. The van der Waals surface area contributed by atoms with E-state index in [0.29, 0.717) is 11.5 Å². The second kappa shape index (κ2) is 9.66. The molecule has 0 bridgehead atoms. The first-order valence-electron chi connectivity index (χ1n) is 7.88. The molecule has 0 aromatic heterocycles. The molecule has 0 radical (unpaired) electrons. The monoisotopic (exact) mass is 426 g/mol. The van der Waals surface area contributed by atoms with E-state index >= 15 is 0 Å². The molecule has 0 heterocycles. The van der Waals surface area contributed by atoms with Crippen LogP contribution in [0, 0.1) is 0 Å². The maximum Gasteiger partial charge on any atom is 0.338 e. The zero-order chi connectivity index (χ0) is 20.8. The summed E-state index contributed by atoms with van der Waals surface area (Å²) in [6.07, 6.45) is -2.39. The molecule has 10 nitrogen and oxygen atoms in total. The molecule has 156 valence electrons. The maximum absolute atomic E-state index is 12.1. The predicted octanol–water partition coefficient (Wildman–Crippen LogP) is 0.477. The Hall–Kier alpha value is -1.44. The smallest absolute Gasteiger partial charge is 0.338 e. The van der Waals surface area contributed by atoms with Gasteiger partial charge in [0.2, 0.25) is 0 Å². The zero-order valence-electron chi connectivity index (χ0n) is 16.1. The van der Waals surface area contributed by atoms with E-state index in [4.69, 9.17) is 17.8 Å². The Morgan fingerprint density at radius 2 is 1.37 bits per heavy atom. The highest BCUT2D eigenvalue weighted by Gasteiger charge is 2.32. The van der Waals surface area contributed by atoms with E-state index in [1.807, 2.05) is 0 Å². The SMILES string of the molecule is COc1ccccc1OCC(OS(=O)(=O)N(C)C)C(C)OS(=O)(=O)N(C)C. The van der Waals surface area contributed by atoms with Crippen LogP contribution in [0.3, 0.4) is 0 Å². The maximum atomic E-state index is 12.1. The van der Waals surface area contributed by atoms with Crippen molar-refractivity contribution < 1.29 is 34.7 Å². The summed E-state index contributed by atoms with van der Waals surface area (Å²) in [6.45, 7) is 1.08. The van der Waals surface area contributed by atoms with Crippen molar-refractivity contribution in [2.24, 2.45) is 0 Å². The Bertz CT molecular complexity index is 809. The number of hydrogen-bond acceptors (Lipinski definition) is 8. The van der Waals surface area contributed by atoms with Crippen molar-refractivity contribution >= 4 is 20.6 Å². The van der Waals surface area contributed by atoms with Crippen molar-refractivity contribution in [3.63, 3.8) is 0 Å². The summed E-state index contributed by atoms with van der Waals surface area (Å²) in [5, 5.41) is 0. The van der Waals surface area contributed by atoms with Gasteiger partial charge in [-0.25, -0.2) is 4.18 Å². The average Bonchev–Trinajstić information content (AvgIpc) is 2.57. The van der Waals surface area contributed by atoms with Crippen molar-refractivity contribution in [3.05, 3.63) is 24.3 Å². The first kappa shape index (κ1) is 23.6. The fourth-order valence-corrected chi connectivity index (χ4v) is 3.11. The largest absolute Gasteiger partial charge is 0.493 e. The van der Waals surface area contributed by atoms with E-state index in [0.717, 1.165) is 8.61 Å². The Morgan fingerprint density at radius 1 is 0.889 bits per heavy atom. The van der Waals surface area contributed by atoms with Crippen LogP contribution in [0.25, 0.3) is 0 Å². The number of para-hydroxylation sites is 2. The van der Waals surface area contributed by atoms with Crippen LogP contribution in [0.15, 0.2) is 24.3 Å². The molecule has 2 atom stereocenters.